The van der Waals surface area contributed by atoms with Crippen LogP contribution in [-0.2, 0) is 13.2 Å². The lowest BCUT2D eigenvalue weighted by Gasteiger charge is -2.28. The number of alkyl halides is 3. The molecule has 3 rings (SSSR count). The molecule has 2 aromatic heterocycles. The highest BCUT2D eigenvalue weighted by molar-refractivity contribution is 6.01. The summed E-state index contributed by atoms with van der Waals surface area (Å²) in [6, 6.07) is 11.9. The lowest BCUT2D eigenvalue weighted by molar-refractivity contribution is -0.137. The molecule has 0 N–H and O–H groups in total. The molecule has 9 heteroatoms. The number of amides is 1. The van der Waals surface area contributed by atoms with Crippen LogP contribution in [0.1, 0.15) is 29.8 Å². The van der Waals surface area contributed by atoms with E-state index in [1.807, 2.05) is 6.92 Å². The quantitative estimate of drug-likeness (QED) is 0.526. The molecular formula is C24H24F3N3O3. The number of carbonyl (C=O) groups excluding carboxylic acids is 1. The van der Waals surface area contributed by atoms with E-state index >= 15 is 0 Å². The predicted octanol–water partition coefficient (Wildman–Crippen LogP) is 4.40. The van der Waals surface area contributed by atoms with Crippen molar-refractivity contribution >= 4 is 5.91 Å². The topological polar surface area (TPSA) is 64.4 Å². The average molecular weight is 459 g/mol. The third kappa shape index (κ3) is 5.60. The van der Waals surface area contributed by atoms with E-state index in [0.29, 0.717) is 29.4 Å². The summed E-state index contributed by atoms with van der Waals surface area (Å²) in [5.41, 5.74) is 0.660. The molecular weight excluding hydrogens is 435 g/mol. The minimum Gasteiger partial charge on any atom is -0.475 e. The molecule has 1 amide bonds. The average Bonchev–Trinajstić information content (AvgIpc) is 2.79. The van der Waals surface area contributed by atoms with Gasteiger partial charge in [0.2, 0.25) is 5.88 Å². The third-order valence-electron chi connectivity index (χ3n) is 5.24. The summed E-state index contributed by atoms with van der Waals surface area (Å²) < 4.78 is 45.0. The van der Waals surface area contributed by atoms with Gasteiger partial charge in [0, 0.05) is 43.7 Å². The van der Waals surface area contributed by atoms with Gasteiger partial charge in [-0.2, -0.15) is 13.2 Å². The Hall–Kier alpha value is -3.62. The maximum Gasteiger partial charge on any atom is 0.417 e. The summed E-state index contributed by atoms with van der Waals surface area (Å²) in [7, 11) is 1.65. The van der Waals surface area contributed by atoms with Gasteiger partial charge in [0.15, 0.2) is 0 Å². The second kappa shape index (κ2) is 9.89. The van der Waals surface area contributed by atoms with Gasteiger partial charge in [-0.15, -0.1) is 0 Å². The van der Waals surface area contributed by atoms with Crippen molar-refractivity contribution in [3.05, 3.63) is 82.4 Å². The van der Waals surface area contributed by atoms with Crippen LogP contribution in [0.3, 0.4) is 0 Å². The molecule has 0 fully saturated rings. The van der Waals surface area contributed by atoms with Gasteiger partial charge in [-0.25, -0.2) is 4.98 Å². The van der Waals surface area contributed by atoms with E-state index < -0.39 is 11.7 Å². The lowest BCUT2D eigenvalue weighted by Crippen LogP contribution is -2.42. The van der Waals surface area contributed by atoms with Crippen molar-refractivity contribution in [1.82, 2.24) is 14.5 Å². The molecule has 0 aliphatic rings. The Balaban J connectivity index is 1.77. The highest BCUT2D eigenvalue weighted by Gasteiger charge is 2.31. The normalized spacial score (nSPS) is 12.3. The van der Waals surface area contributed by atoms with Crippen LogP contribution in [0.15, 0.2) is 65.7 Å². The molecule has 0 unspecified atom stereocenters. The van der Waals surface area contributed by atoms with Crippen LogP contribution >= 0.6 is 0 Å². The lowest BCUT2D eigenvalue weighted by atomic mass is 9.99. The van der Waals surface area contributed by atoms with E-state index in [2.05, 4.69) is 4.98 Å². The Morgan fingerprint density at radius 1 is 1.18 bits per heavy atom. The second-order valence-corrected chi connectivity index (χ2v) is 7.54. The Kier molecular flexibility index (Phi) is 7.20. The number of pyridine rings is 2. The first-order chi connectivity index (χ1) is 15.6. The molecule has 1 aromatic carbocycles. The highest BCUT2D eigenvalue weighted by Crippen LogP contribution is 2.29. The van der Waals surface area contributed by atoms with Gasteiger partial charge in [-0.05, 0) is 43.2 Å². The van der Waals surface area contributed by atoms with Crippen molar-refractivity contribution in [1.29, 1.82) is 0 Å². The molecule has 1 atom stereocenters. The van der Waals surface area contributed by atoms with E-state index in [0.717, 1.165) is 12.1 Å². The SMILES string of the molecule is CCN(C(=O)c1ccccc1-c1ccn(C)c(=O)c1)[C@@H](C)COc1ccc(C(F)(F)F)cn1. The number of halogens is 3. The van der Waals surface area contributed by atoms with Gasteiger partial charge in [0.1, 0.15) is 6.61 Å². The summed E-state index contributed by atoms with van der Waals surface area (Å²) in [4.78, 5) is 30.7. The number of nitrogens with zero attached hydrogens (tertiary/aromatic N) is 3. The van der Waals surface area contributed by atoms with Gasteiger partial charge < -0.3 is 14.2 Å². The smallest absolute Gasteiger partial charge is 0.417 e. The molecule has 2 heterocycles. The van der Waals surface area contributed by atoms with Gasteiger partial charge in [-0.3, -0.25) is 9.59 Å². The zero-order valence-corrected chi connectivity index (χ0v) is 18.5. The fraction of sp³-hybridized carbons (Fsp3) is 0.292. The first kappa shape index (κ1) is 24.0. The van der Waals surface area contributed by atoms with Crippen molar-refractivity contribution in [3.8, 4) is 17.0 Å². The molecule has 0 spiro atoms. The number of ether oxygens (including phenoxy) is 1. The number of likely N-dealkylation sites (N-methyl/N-ethyl adjacent to an activating group) is 1. The zero-order chi connectivity index (χ0) is 24.2. The zero-order valence-electron chi connectivity index (χ0n) is 18.5. The predicted molar refractivity (Wildman–Crippen MR) is 118 cm³/mol. The molecule has 0 saturated carbocycles. The fourth-order valence-electron chi connectivity index (χ4n) is 3.38. The highest BCUT2D eigenvalue weighted by atomic mass is 19.4. The Bertz CT molecular complexity index is 1170. The first-order valence-electron chi connectivity index (χ1n) is 10.3. The van der Waals surface area contributed by atoms with Crippen molar-refractivity contribution in [3.63, 3.8) is 0 Å². The third-order valence-corrected chi connectivity index (χ3v) is 5.24. The summed E-state index contributed by atoms with van der Waals surface area (Å²) in [6.45, 7) is 4.04. The number of hydrogen-bond acceptors (Lipinski definition) is 4. The molecule has 33 heavy (non-hydrogen) atoms. The van der Waals surface area contributed by atoms with Crippen molar-refractivity contribution in [2.45, 2.75) is 26.1 Å². The second-order valence-electron chi connectivity index (χ2n) is 7.54. The molecule has 0 saturated heterocycles. The Morgan fingerprint density at radius 3 is 2.52 bits per heavy atom. The van der Waals surface area contributed by atoms with E-state index in [-0.39, 0.29) is 30.0 Å². The van der Waals surface area contributed by atoms with Gasteiger partial charge in [0.25, 0.3) is 11.5 Å². The van der Waals surface area contributed by atoms with Gasteiger partial charge in [0.05, 0.1) is 11.6 Å². The molecule has 3 aromatic rings. The van der Waals surface area contributed by atoms with Crippen LogP contribution < -0.4 is 10.3 Å². The van der Waals surface area contributed by atoms with E-state index in [9.17, 15) is 22.8 Å². The summed E-state index contributed by atoms with van der Waals surface area (Å²) in [6.07, 6.45) is -2.12. The Morgan fingerprint density at radius 2 is 1.91 bits per heavy atom. The fourth-order valence-corrected chi connectivity index (χ4v) is 3.38. The van der Waals surface area contributed by atoms with Crippen LogP contribution in [0.2, 0.25) is 0 Å². The van der Waals surface area contributed by atoms with Crippen LogP contribution in [0, 0.1) is 0 Å². The van der Waals surface area contributed by atoms with Crippen molar-refractivity contribution < 1.29 is 22.7 Å². The van der Waals surface area contributed by atoms with Crippen LogP contribution in [0.5, 0.6) is 5.88 Å². The number of hydrogen-bond donors (Lipinski definition) is 0. The molecule has 6 nitrogen and oxygen atoms in total. The van der Waals surface area contributed by atoms with E-state index in [4.69, 9.17) is 4.74 Å². The first-order valence-corrected chi connectivity index (χ1v) is 10.3. The summed E-state index contributed by atoms with van der Waals surface area (Å²) in [5.74, 6) is -0.205. The standard InChI is InChI=1S/C24H24F3N3O3/c1-4-30(16(2)15-33-21-10-9-18(14-28-21)24(25,26)27)23(32)20-8-6-5-7-19(20)17-11-12-29(3)22(31)13-17/h5-14,16H,4,15H2,1-3H3/t16-/m0/s1. The van der Waals surface area contributed by atoms with Gasteiger partial charge in [-0.1, -0.05) is 18.2 Å². The molecule has 0 aliphatic heterocycles. The van der Waals surface area contributed by atoms with Gasteiger partial charge >= 0.3 is 6.18 Å². The van der Waals surface area contributed by atoms with Crippen molar-refractivity contribution in [2.75, 3.05) is 13.2 Å². The maximum atomic E-state index is 13.4. The number of carbonyl (C=O) groups is 1. The Labute approximate surface area is 189 Å². The molecule has 0 radical (unpaired) electrons. The van der Waals surface area contributed by atoms with E-state index in [1.165, 1.54) is 10.6 Å². The number of aromatic nitrogens is 2. The van der Waals surface area contributed by atoms with Crippen LogP contribution in [-0.4, -0.2) is 39.6 Å². The van der Waals surface area contributed by atoms with Crippen LogP contribution in [0.25, 0.3) is 11.1 Å². The molecule has 0 aliphatic carbocycles. The molecule has 174 valence electrons. The largest absolute Gasteiger partial charge is 0.475 e. The number of benzene rings is 1. The number of aryl methyl sites for hydroxylation is 1. The minimum absolute atomic E-state index is 0.0406. The summed E-state index contributed by atoms with van der Waals surface area (Å²) >= 11 is 0. The summed E-state index contributed by atoms with van der Waals surface area (Å²) in [5, 5.41) is 0. The minimum atomic E-state index is -4.47. The maximum absolute atomic E-state index is 13.4. The number of rotatable bonds is 7. The van der Waals surface area contributed by atoms with Crippen LogP contribution in [0.4, 0.5) is 13.2 Å². The van der Waals surface area contributed by atoms with Crippen molar-refractivity contribution in [2.24, 2.45) is 7.05 Å². The monoisotopic (exact) mass is 459 g/mol. The molecule has 0 bridgehead atoms. The van der Waals surface area contributed by atoms with E-state index in [1.54, 1.807) is 55.4 Å².